The van der Waals surface area contributed by atoms with Gasteiger partial charge in [-0.25, -0.2) is 0 Å². The molecule has 1 rings (SSSR count). The summed E-state index contributed by atoms with van der Waals surface area (Å²) in [5.74, 6) is 2.54. The molecule has 70 valence electrons. The van der Waals surface area contributed by atoms with Gasteiger partial charge in [-0.05, 0) is 6.07 Å². The maximum absolute atomic E-state index is 5.17. The molecule has 0 amide bonds. The first-order valence-electron chi connectivity index (χ1n) is 4.41. The molecule has 0 spiro atoms. The fourth-order valence-electron chi connectivity index (χ4n) is 0.988. The van der Waals surface area contributed by atoms with Gasteiger partial charge in [-0.15, -0.1) is 6.42 Å². The average Bonchev–Trinajstić information content (AvgIpc) is 2.50. The summed E-state index contributed by atoms with van der Waals surface area (Å²) in [6.07, 6.45) is 7.07. The summed E-state index contributed by atoms with van der Waals surface area (Å²) < 4.78 is 1.76. The third-order valence-corrected chi connectivity index (χ3v) is 1.64. The van der Waals surface area contributed by atoms with Crippen LogP contribution in [-0.4, -0.2) is 15.8 Å². The van der Waals surface area contributed by atoms with Crippen LogP contribution in [0.1, 0.15) is 19.5 Å². The number of nitrogens with one attached hydrogen (secondary N) is 1. The molecule has 1 aromatic rings. The average molecular weight is 177 g/mol. The lowest BCUT2D eigenvalue weighted by Gasteiger charge is -2.04. The number of terminal acetylenes is 1. The molecule has 1 heterocycles. The highest BCUT2D eigenvalue weighted by molar-refractivity contribution is 5.00. The van der Waals surface area contributed by atoms with Crippen molar-refractivity contribution in [2.24, 2.45) is 0 Å². The van der Waals surface area contributed by atoms with Crippen LogP contribution >= 0.6 is 0 Å². The summed E-state index contributed by atoms with van der Waals surface area (Å²) in [5.41, 5.74) is 1.03. The minimum atomic E-state index is 0.484. The second kappa shape index (κ2) is 4.68. The highest BCUT2D eigenvalue weighted by Gasteiger charge is 1.98. The third-order valence-electron chi connectivity index (χ3n) is 1.64. The molecule has 0 aliphatic carbocycles. The maximum atomic E-state index is 5.17. The van der Waals surface area contributed by atoms with Crippen molar-refractivity contribution in [3.8, 4) is 12.3 Å². The van der Waals surface area contributed by atoms with E-state index in [-0.39, 0.29) is 0 Å². The zero-order chi connectivity index (χ0) is 9.68. The first-order chi connectivity index (χ1) is 6.22. The zero-order valence-corrected chi connectivity index (χ0v) is 8.12. The lowest BCUT2D eigenvalue weighted by molar-refractivity contribution is 0.572. The number of nitrogens with zero attached hydrogens (tertiary/aromatic N) is 2. The molecule has 1 N–H and O–H groups in total. The van der Waals surface area contributed by atoms with Crippen LogP contribution < -0.4 is 5.32 Å². The van der Waals surface area contributed by atoms with Gasteiger partial charge < -0.3 is 5.32 Å². The van der Waals surface area contributed by atoms with Crippen molar-refractivity contribution in [3.63, 3.8) is 0 Å². The molecule has 0 aromatic carbocycles. The maximum Gasteiger partial charge on any atom is 0.101 e. The van der Waals surface area contributed by atoms with Gasteiger partial charge in [0.15, 0.2) is 0 Å². The summed E-state index contributed by atoms with van der Waals surface area (Å²) in [5, 5.41) is 7.57. The Balaban J connectivity index is 2.45. The Labute approximate surface area is 79.1 Å². The van der Waals surface area contributed by atoms with Crippen LogP contribution in [0, 0.1) is 12.3 Å². The van der Waals surface area contributed by atoms with Crippen molar-refractivity contribution in [1.82, 2.24) is 15.1 Å². The summed E-state index contributed by atoms with van der Waals surface area (Å²) in [7, 11) is 0. The van der Waals surface area contributed by atoms with Gasteiger partial charge >= 0.3 is 0 Å². The normalized spacial score (nSPS) is 10.3. The molecule has 0 aliphatic heterocycles. The van der Waals surface area contributed by atoms with Gasteiger partial charge in [0.05, 0.1) is 5.69 Å². The third kappa shape index (κ3) is 3.30. The van der Waals surface area contributed by atoms with Gasteiger partial charge in [-0.1, -0.05) is 19.8 Å². The predicted molar refractivity (Wildman–Crippen MR) is 53.0 cm³/mol. The number of hydrogen-bond acceptors (Lipinski definition) is 2. The molecule has 0 unspecified atom stereocenters. The van der Waals surface area contributed by atoms with E-state index in [0.717, 1.165) is 12.2 Å². The van der Waals surface area contributed by atoms with Crippen molar-refractivity contribution in [2.45, 2.75) is 33.0 Å². The van der Waals surface area contributed by atoms with E-state index in [4.69, 9.17) is 6.42 Å². The van der Waals surface area contributed by atoms with Gasteiger partial charge in [-0.3, -0.25) is 4.68 Å². The summed E-state index contributed by atoms with van der Waals surface area (Å²) in [4.78, 5) is 0. The fraction of sp³-hybridized carbons (Fsp3) is 0.500. The van der Waals surface area contributed by atoms with Gasteiger partial charge in [-0.2, -0.15) is 5.10 Å². The van der Waals surface area contributed by atoms with Crippen molar-refractivity contribution < 1.29 is 0 Å². The van der Waals surface area contributed by atoms with Gasteiger partial charge in [0.1, 0.15) is 6.54 Å². The Hall–Kier alpha value is -1.27. The molecule has 3 nitrogen and oxygen atoms in total. The van der Waals surface area contributed by atoms with E-state index in [2.05, 4.69) is 30.2 Å². The predicted octanol–water partition coefficient (Wildman–Crippen LogP) is 1.01. The highest BCUT2D eigenvalue weighted by Crippen LogP contribution is 1.95. The van der Waals surface area contributed by atoms with Crippen molar-refractivity contribution in [3.05, 3.63) is 18.0 Å². The lowest BCUT2D eigenvalue weighted by atomic mass is 10.3. The minimum Gasteiger partial charge on any atom is -0.309 e. The second-order valence-electron chi connectivity index (χ2n) is 3.24. The van der Waals surface area contributed by atoms with Gasteiger partial charge in [0.2, 0.25) is 0 Å². The molecule has 0 saturated carbocycles. The lowest BCUT2D eigenvalue weighted by Crippen LogP contribution is -2.22. The molecule has 1 aromatic heterocycles. The van der Waals surface area contributed by atoms with E-state index >= 15 is 0 Å². The molecular formula is C10H15N3. The van der Waals surface area contributed by atoms with E-state index in [0.29, 0.717) is 12.6 Å². The summed E-state index contributed by atoms with van der Waals surface area (Å²) in [6.45, 7) is 5.56. The van der Waals surface area contributed by atoms with Crippen LogP contribution in [-0.2, 0) is 13.1 Å². The van der Waals surface area contributed by atoms with Gasteiger partial charge in [0, 0.05) is 18.8 Å². The number of rotatable bonds is 4. The molecule has 0 aliphatic rings. The van der Waals surface area contributed by atoms with E-state index in [1.54, 1.807) is 4.68 Å². The monoisotopic (exact) mass is 177 g/mol. The molecule has 13 heavy (non-hydrogen) atoms. The fourth-order valence-corrected chi connectivity index (χ4v) is 0.988. The smallest absolute Gasteiger partial charge is 0.101 e. The summed E-state index contributed by atoms with van der Waals surface area (Å²) in [6, 6.07) is 2.46. The standard InChI is InChI=1S/C10H15N3/c1-4-6-13-7-5-10(12-13)8-11-9(2)3/h1,5,7,9,11H,6,8H2,2-3H3. The van der Waals surface area contributed by atoms with E-state index in [1.807, 2.05) is 12.3 Å². The van der Waals surface area contributed by atoms with Crippen LogP contribution in [0.3, 0.4) is 0 Å². The minimum absolute atomic E-state index is 0.484. The Morgan fingerprint density at radius 2 is 2.46 bits per heavy atom. The topological polar surface area (TPSA) is 29.9 Å². The van der Waals surface area contributed by atoms with Crippen molar-refractivity contribution >= 4 is 0 Å². The Morgan fingerprint density at radius 1 is 1.69 bits per heavy atom. The quantitative estimate of drug-likeness (QED) is 0.696. The van der Waals surface area contributed by atoms with E-state index in [1.165, 1.54) is 0 Å². The van der Waals surface area contributed by atoms with Crippen LogP contribution in [0.4, 0.5) is 0 Å². The number of hydrogen-bond donors (Lipinski definition) is 1. The van der Waals surface area contributed by atoms with Crippen molar-refractivity contribution in [2.75, 3.05) is 0 Å². The highest BCUT2D eigenvalue weighted by atomic mass is 15.3. The molecule has 0 radical (unpaired) electrons. The van der Waals surface area contributed by atoms with Crippen molar-refractivity contribution in [1.29, 1.82) is 0 Å². The number of aromatic nitrogens is 2. The second-order valence-corrected chi connectivity index (χ2v) is 3.24. The first kappa shape index (κ1) is 9.82. The molecule has 3 heteroatoms. The SMILES string of the molecule is C#CCn1ccc(CNC(C)C)n1. The molecule has 0 bridgehead atoms. The molecule has 0 saturated heterocycles. The molecular weight excluding hydrogens is 162 g/mol. The van der Waals surface area contributed by atoms with Crippen LogP contribution in [0.2, 0.25) is 0 Å². The molecule has 0 atom stereocenters. The zero-order valence-electron chi connectivity index (χ0n) is 8.12. The van der Waals surface area contributed by atoms with Crippen LogP contribution in [0.25, 0.3) is 0 Å². The van der Waals surface area contributed by atoms with Crippen LogP contribution in [0.15, 0.2) is 12.3 Å². The molecule has 0 fully saturated rings. The van der Waals surface area contributed by atoms with Gasteiger partial charge in [0.25, 0.3) is 0 Å². The Morgan fingerprint density at radius 3 is 3.08 bits per heavy atom. The first-order valence-corrected chi connectivity index (χ1v) is 4.41. The van der Waals surface area contributed by atoms with Crippen LogP contribution in [0.5, 0.6) is 0 Å². The Kier molecular flexibility index (Phi) is 3.53. The largest absolute Gasteiger partial charge is 0.309 e. The van der Waals surface area contributed by atoms with E-state index < -0.39 is 0 Å². The summed E-state index contributed by atoms with van der Waals surface area (Å²) >= 11 is 0. The van der Waals surface area contributed by atoms with E-state index in [9.17, 15) is 0 Å². The Bertz CT molecular complexity index is 293.